The van der Waals surface area contributed by atoms with Crippen molar-refractivity contribution in [1.82, 2.24) is 0 Å². The van der Waals surface area contributed by atoms with Gasteiger partial charge in [-0.3, -0.25) is 0 Å². The Labute approximate surface area is 97.7 Å². The smallest absolute Gasteiger partial charge is 0.143 e. The fourth-order valence-corrected chi connectivity index (χ4v) is 2.00. The molecule has 0 aliphatic rings. The van der Waals surface area contributed by atoms with Crippen molar-refractivity contribution in [3.05, 3.63) is 27.5 Å². The lowest BCUT2D eigenvalue weighted by atomic mass is 9.93. The molecule has 0 fully saturated rings. The monoisotopic (exact) mass is 275 g/mol. The second kappa shape index (κ2) is 4.10. The van der Waals surface area contributed by atoms with Crippen LogP contribution in [-0.4, -0.2) is 7.11 Å². The fourth-order valence-electron chi connectivity index (χ4n) is 1.48. The predicted molar refractivity (Wildman–Crippen MR) is 62.6 cm³/mol. The second-order valence-electron chi connectivity index (χ2n) is 4.10. The van der Waals surface area contributed by atoms with Crippen LogP contribution in [0.2, 0.25) is 0 Å². The highest BCUT2D eigenvalue weighted by Crippen LogP contribution is 2.36. The maximum atomic E-state index is 13.6. The van der Waals surface area contributed by atoms with Gasteiger partial charge in [0.1, 0.15) is 11.6 Å². The Morgan fingerprint density at radius 2 is 2.00 bits per heavy atom. The van der Waals surface area contributed by atoms with Crippen molar-refractivity contribution in [3.8, 4) is 5.75 Å². The molecule has 0 aliphatic carbocycles. The molecule has 2 nitrogen and oxygen atoms in total. The number of methoxy groups -OCH3 is 1. The molecule has 0 spiro atoms. The molecule has 0 saturated heterocycles. The lowest BCUT2D eigenvalue weighted by Gasteiger charge is -2.24. The Morgan fingerprint density at radius 1 is 1.47 bits per heavy atom. The largest absolute Gasteiger partial charge is 0.496 e. The fraction of sp³-hybridized carbons (Fsp3) is 0.455. The number of nitrogens with two attached hydrogens (primary N) is 1. The summed E-state index contributed by atoms with van der Waals surface area (Å²) in [6, 6.07) is 1.67. The van der Waals surface area contributed by atoms with Crippen LogP contribution in [0.25, 0.3) is 0 Å². The minimum absolute atomic E-state index is 0.306. The Bertz CT molecular complexity index is 385. The van der Waals surface area contributed by atoms with Gasteiger partial charge in [-0.25, -0.2) is 4.39 Å². The maximum absolute atomic E-state index is 13.6. The van der Waals surface area contributed by atoms with Gasteiger partial charge in [-0.1, -0.05) is 0 Å². The van der Waals surface area contributed by atoms with Gasteiger partial charge in [-0.2, -0.15) is 0 Å². The van der Waals surface area contributed by atoms with Crippen LogP contribution in [0.1, 0.15) is 25.0 Å². The van der Waals surface area contributed by atoms with Crippen molar-refractivity contribution < 1.29 is 9.13 Å². The van der Waals surface area contributed by atoms with E-state index >= 15 is 0 Å². The van der Waals surface area contributed by atoms with E-state index in [1.165, 1.54) is 7.11 Å². The molecule has 84 valence electrons. The Morgan fingerprint density at radius 3 is 2.40 bits per heavy atom. The van der Waals surface area contributed by atoms with Gasteiger partial charge in [0.25, 0.3) is 0 Å². The number of ether oxygens (including phenoxy) is 1. The first-order chi connectivity index (χ1) is 6.79. The van der Waals surface area contributed by atoms with E-state index in [9.17, 15) is 4.39 Å². The van der Waals surface area contributed by atoms with Crippen LogP contribution in [0, 0.1) is 12.7 Å². The standard InChI is InChI=1S/C11H15BrFNO/c1-6-9(13)8(12)5-7(10(6)15-4)11(2,3)14/h5H,14H2,1-4H3. The molecule has 0 amide bonds. The average Bonchev–Trinajstić information content (AvgIpc) is 2.12. The molecule has 1 aromatic carbocycles. The molecule has 1 rings (SSSR count). The van der Waals surface area contributed by atoms with Gasteiger partial charge in [0.05, 0.1) is 11.6 Å². The van der Waals surface area contributed by atoms with Crippen molar-refractivity contribution in [2.24, 2.45) is 5.73 Å². The summed E-state index contributed by atoms with van der Waals surface area (Å²) in [4.78, 5) is 0. The van der Waals surface area contributed by atoms with Gasteiger partial charge in [0, 0.05) is 16.7 Å². The number of benzene rings is 1. The van der Waals surface area contributed by atoms with Crippen LogP contribution in [-0.2, 0) is 5.54 Å². The summed E-state index contributed by atoms with van der Waals surface area (Å²) in [6.45, 7) is 5.39. The zero-order valence-corrected chi connectivity index (χ0v) is 10.9. The zero-order valence-electron chi connectivity index (χ0n) is 9.32. The summed E-state index contributed by atoms with van der Waals surface area (Å²) in [6.07, 6.45) is 0. The highest BCUT2D eigenvalue weighted by molar-refractivity contribution is 9.10. The van der Waals surface area contributed by atoms with E-state index in [4.69, 9.17) is 10.5 Å². The number of rotatable bonds is 2. The molecule has 15 heavy (non-hydrogen) atoms. The van der Waals surface area contributed by atoms with Gasteiger partial charge in [-0.05, 0) is 42.8 Å². The van der Waals surface area contributed by atoms with Crippen molar-refractivity contribution in [1.29, 1.82) is 0 Å². The molecular weight excluding hydrogens is 261 g/mol. The van der Waals surface area contributed by atoms with E-state index < -0.39 is 5.54 Å². The molecule has 4 heteroatoms. The van der Waals surface area contributed by atoms with Crippen molar-refractivity contribution in [2.75, 3.05) is 7.11 Å². The first-order valence-corrected chi connectivity index (χ1v) is 5.40. The van der Waals surface area contributed by atoms with Gasteiger partial charge in [0.2, 0.25) is 0 Å². The first-order valence-electron chi connectivity index (χ1n) is 4.61. The van der Waals surface area contributed by atoms with E-state index in [0.29, 0.717) is 15.8 Å². The number of hydrogen-bond donors (Lipinski definition) is 1. The molecule has 0 atom stereocenters. The van der Waals surface area contributed by atoms with E-state index in [0.717, 1.165) is 5.56 Å². The Kier molecular flexibility index (Phi) is 3.41. The maximum Gasteiger partial charge on any atom is 0.143 e. The second-order valence-corrected chi connectivity index (χ2v) is 4.95. The number of hydrogen-bond acceptors (Lipinski definition) is 2. The van der Waals surface area contributed by atoms with Crippen LogP contribution in [0.3, 0.4) is 0 Å². The van der Waals surface area contributed by atoms with E-state index in [1.807, 2.05) is 13.8 Å². The zero-order chi connectivity index (χ0) is 11.8. The highest BCUT2D eigenvalue weighted by atomic mass is 79.9. The van der Waals surface area contributed by atoms with Crippen LogP contribution >= 0.6 is 15.9 Å². The van der Waals surface area contributed by atoms with E-state index in [2.05, 4.69) is 15.9 Å². The lowest BCUT2D eigenvalue weighted by Crippen LogP contribution is -2.29. The van der Waals surface area contributed by atoms with Crippen LogP contribution in [0.4, 0.5) is 4.39 Å². The number of halogens is 2. The van der Waals surface area contributed by atoms with Gasteiger partial charge in [-0.15, -0.1) is 0 Å². The summed E-state index contributed by atoms with van der Waals surface area (Å²) in [5.41, 5.74) is 6.69. The predicted octanol–water partition coefficient (Wildman–Crippen LogP) is 3.10. The molecule has 2 N–H and O–H groups in total. The van der Waals surface area contributed by atoms with E-state index in [1.54, 1.807) is 13.0 Å². The summed E-state index contributed by atoms with van der Waals surface area (Å²) >= 11 is 3.17. The molecule has 0 saturated carbocycles. The summed E-state index contributed by atoms with van der Waals surface area (Å²) < 4.78 is 19.2. The van der Waals surface area contributed by atoms with E-state index in [-0.39, 0.29) is 5.82 Å². The first kappa shape index (κ1) is 12.5. The quantitative estimate of drug-likeness (QED) is 0.900. The minimum Gasteiger partial charge on any atom is -0.496 e. The van der Waals surface area contributed by atoms with Gasteiger partial charge < -0.3 is 10.5 Å². The van der Waals surface area contributed by atoms with Crippen molar-refractivity contribution in [2.45, 2.75) is 26.3 Å². The summed E-state index contributed by atoms with van der Waals surface area (Å²) in [5.74, 6) is 0.211. The molecule has 0 aromatic heterocycles. The Hall–Kier alpha value is -0.610. The summed E-state index contributed by atoms with van der Waals surface area (Å²) in [5, 5.41) is 0. The van der Waals surface area contributed by atoms with Crippen molar-refractivity contribution >= 4 is 15.9 Å². The average molecular weight is 276 g/mol. The minimum atomic E-state index is -0.563. The molecule has 1 aromatic rings. The molecular formula is C11H15BrFNO. The molecule has 0 bridgehead atoms. The SMILES string of the molecule is COc1c(C(C)(C)N)cc(Br)c(F)c1C. The van der Waals surface area contributed by atoms with Crippen molar-refractivity contribution in [3.63, 3.8) is 0 Å². The molecule has 0 unspecified atom stereocenters. The normalized spacial score (nSPS) is 11.7. The molecule has 0 radical (unpaired) electrons. The molecule has 0 heterocycles. The van der Waals surface area contributed by atoms with Crippen LogP contribution in [0.5, 0.6) is 5.75 Å². The van der Waals surface area contributed by atoms with Crippen LogP contribution in [0.15, 0.2) is 10.5 Å². The Balaban J connectivity index is 3.53. The van der Waals surface area contributed by atoms with Crippen LogP contribution < -0.4 is 10.5 Å². The third-order valence-corrected chi connectivity index (χ3v) is 2.87. The third kappa shape index (κ3) is 2.32. The molecule has 0 aliphatic heterocycles. The van der Waals surface area contributed by atoms with Gasteiger partial charge >= 0.3 is 0 Å². The topological polar surface area (TPSA) is 35.2 Å². The summed E-state index contributed by atoms with van der Waals surface area (Å²) in [7, 11) is 1.52. The lowest BCUT2D eigenvalue weighted by molar-refractivity contribution is 0.386. The highest BCUT2D eigenvalue weighted by Gasteiger charge is 2.23. The third-order valence-electron chi connectivity index (χ3n) is 2.29. The van der Waals surface area contributed by atoms with Gasteiger partial charge in [0.15, 0.2) is 0 Å².